The van der Waals surface area contributed by atoms with E-state index >= 15 is 0 Å². The van der Waals surface area contributed by atoms with Crippen LogP contribution in [0.1, 0.15) is 0 Å². The molecule has 3 nitrogen and oxygen atoms in total. The van der Waals surface area contributed by atoms with E-state index in [0.29, 0.717) is 0 Å². The molecule has 3 heteroatoms. The van der Waals surface area contributed by atoms with E-state index in [1.807, 2.05) is 0 Å². The molecule has 0 saturated heterocycles. The smallest absolute Gasteiger partial charge is 0.143 e. The van der Waals surface area contributed by atoms with Gasteiger partial charge in [0.05, 0.1) is 11.0 Å². The Kier molecular flexibility index (Phi) is 6.18. The highest BCUT2D eigenvalue weighted by molar-refractivity contribution is 6.17. The van der Waals surface area contributed by atoms with Gasteiger partial charge in [-0.25, -0.2) is 0 Å². The highest BCUT2D eigenvalue weighted by atomic mass is 16.3. The predicted molar refractivity (Wildman–Crippen MR) is 206 cm³/mol. The van der Waals surface area contributed by atoms with Crippen molar-refractivity contribution in [3.63, 3.8) is 0 Å². The fourth-order valence-electron chi connectivity index (χ4n) is 7.52. The summed E-state index contributed by atoms with van der Waals surface area (Å²) in [7, 11) is 0. The number of hydrogen-bond acceptors (Lipinski definition) is 2. The minimum Gasteiger partial charge on any atom is -0.455 e. The summed E-state index contributed by atoms with van der Waals surface area (Å²) in [6.45, 7) is 0. The van der Waals surface area contributed by atoms with Crippen LogP contribution in [0.4, 0.5) is 17.1 Å². The highest BCUT2D eigenvalue weighted by Gasteiger charge is 2.18. The molecule has 10 rings (SSSR count). The zero-order chi connectivity index (χ0) is 32.3. The lowest BCUT2D eigenvalue weighted by atomic mass is 10.0. The molecule has 0 aliphatic heterocycles. The number of nitrogens with zero attached hydrogens (tertiary/aromatic N) is 2. The van der Waals surface area contributed by atoms with Crippen molar-refractivity contribution in [2.75, 3.05) is 4.90 Å². The molecule has 0 aliphatic carbocycles. The second-order valence-electron chi connectivity index (χ2n) is 12.6. The van der Waals surface area contributed by atoms with Gasteiger partial charge in [-0.3, -0.25) is 0 Å². The van der Waals surface area contributed by atoms with Gasteiger partial charge < -0.3 is 13.9 Å². The number of fused-ring (bicyclic) bond motifs is 8. The average molecular weight is 627 g/mol. The van der Waals surface area contributed by atoms with Crippen LogP contribution in [0.3, 0.4) is 0 Å². The highest BCUT2D eigenvalue weighted by Crippen LogP contribution is 2.42. The van der Waals surface area contributed by atoms with Gasteiger partial charge in [-0.15, -0.1) is 0 Å². The zero-order valence-electron chi connectivity index (χ0n) is 26.6. The van der Waals surface area contributed by atoms with Crippen molar-refractivity contribution in [1.82, 2.24) is 4.57 Å². The number of hydrogen-bond donors (Lipinski definition) is 0. The number of anilines is 3. The number of furan rings is 1. The Morgan fingerprint density at radius 2 is 1.02 bits per heavy atom. The number of aromatic nitrogens is 1. The fourth-order valence-corrected chi connectivity index (χ4v) is 7.52. The van der Waals surface area contributed by atoms with Crippen LogP contribution in [-0.4, -0.2) is 4.57 Å². The molecular weight excluding hydrogens is 597 g/mol. The Balaban J connectivity index is 1.11. The first kappa shape index (κ1) is 27.5. The summed E-state index contributed by atoms with van der Waals surface area (Å²) in [5.41, 5.74) is 10.9. The van der Waals surface area contributed by atoms with Crippen molar-refractivity contribution < 1.29 is 4.42 Å². The zero-order valence-corrected chi connectivity index (χ0v) is 26.6. The van der Waals surface area contributed by atoms with Crippen LogP contribution in [0.25, 0.3) is 71.3 Å². The standard InChI is InChI=1S/C46H30N2O/c1-3-13-33(14-4-1)47(36-27-29-44-42(30-36)39-18-9-10-21-43(39)48(44)34-15-5-2-6-16-34)35-25-22-32(23-26-35)38-19-11-20-40-41-28-24-31-12-7-8-17-37(31)46(41)49-45(38)40/h1-30H. The Hall–Kier alpha value is -6.58. The van der Waals surface area contributed by atoms with Crippen molar-refractivity contribution in [3.05, 3.63) is 182 Å². The third-order valence-corrected chi connectivity index (χ3v) is 9.77. The second-order valence-corrected chi connectivity index (χ2v) is 12.6. The molecule has 0 radical (unpaired) electrons. The van der Waals surface area contributed by atoms with Gasteiger partial charge in [-0.05, 0) is 77.7 Å². The summed E-state index contributed by atoms with van der Waals surface area (Å²) in [6.07, 6.45) is 0. The number of benzene rings is 8. The molecular formula is C46H30N2O. The summed E-state index contributed by atoms with van der Waals surface area (Å²) < 4.78 is 9.02. The molecule has 0 amide bonds. The minimum absolute atomic E-state index is 0.918. The van der Waals surface area contributed by atoms with E-state index in [1.54, 1.807) is 0 Å². The van der Waals surface area contributed by atoms with Gasteiger partial charge in [0.2, 0.25) is 0 Å². The molecule has 0 N–H and O–H groups in total. The largest absolute Gasteiger partial charge is 0.455 e. The summed E-state index contributed by atoms with van der Waals surface area (Å²) >= 11 is 0. The summed E-state index contributed by atoms with van der Waals surface area (Å²) in [6, 6.07) is 64.8. The molecule has 0 fully saturated rings. The Morgan fingerprint density at radius 1 is 0.388 bits per heavy atom. The van der Waals surface area contributed by atoms with Crippen molar-refractivity contribution in [2.24, 2.45) is 0 Å². The second kappa shape index (κ2) is 11.0. The lowest BCUT2D eigenvalue weighted by Gasteiger charge is -2.26. The quantitative estimate of drug-likeness (QED) is 0.190. The molecule has 49 heavy (non-hydrogen) atoms. The first-order valence-electron chi connectivity index (χ1n) is 16.7. The van der Waals surface area contributed by atoms with Crippen molar-refractivity contribution in [3.8, 4) is 16.8 Å². The SMILES string of the molecule is c1ccc(N(c2ccc(-c3cccc4c3oc3c5ccccc5ccc43)cc2)c2ccc3c(c2)c2ccccc2n3-c2ccccc2)cc1. The van der Waals surface area contributed by atoms with Gasteiger partial charge in [0.1, 0.15) is 11.2 Å². The third-order valence-electron chi connectivity index (χ3n) is 9.77. The molecule has 0 bridgehead atoms. The van der Waals surface area contributed by atoms with Crippen molar-refractivity contribution in [2.45, 2.75) is 0 Å². The van der Waals surface area contributed by atoms with Crippen LogP contribution in [-0.2, 0) is 0 Å². The van der Waals surface area contributed by atoms with Crippen LogP contribution in [0.2, 0.25) is 0 Å². The molecule has 0 spiro atoms. The summed E-state index contributed by atoms with van der Waals surface area (Å²) in [5, 5.41) is 7.06. The monoisotopic (exact) mass is 626 g/mol. The van der Waals surface area contributed by atoms with Crippen LogP contribution in [0, 0.1) is 0 Å². The van der Waals surface area contributed by atoms with Gasteiger partial charge in [0, 0.05) is 55.2 Å². The van der Waals surface area contributed by atoms with Gasteiger partial charge in [0.25, 0.3) is 0 Å². The third kappa shape index (κ3) is 4.37. The molecule has 2 aromatic heterocycles. The van der Waals surface area contributed by atoms with E-state index in [2.05, 4.69) is 191 Å². The molecule has 8 aromatic carbocycles. The fraction of sp³-hybridized carbons (Fsp3) is 0. The maximum absolute atomic E-state index is 6.67. The summed E-state index contributed by atoms with van der Waals surface area (Å²) in [4.78, 5) is 2.34. The van der Waals surface area contributed by atoms with Crippen molar-refractivity contribution in [1.29, 1.82) is 0 Å². The maximum atomic E-state index is 6.67. The average Bonchev–Trinajstić information content (AvgIpc) is 3.72. The van der Waals surface area contributed by atoms with E-state index in [0.717, 1.165) is 61.2 Å². The van der Waals surface area contributed by atoms with Crippen LogP contribution < -0.4 is 4.90 Å². The topological polar surface area (TPSA) is 21.3 Å². The minimum atomic E-state index is 0.918. The Labute approximate surface area is 283 Å². The number of rotatable bonds is 5. The van der Waals surface area contributed by atoms with Crippen molar-refractivity contribution >= 4 is 71.6 Å². The van der Waals surface area contributed by atoms with Crippen LogP contribution >= 0.6 is 0 Å². The van der Waals surface area contributed by atoms with Gasteiger partial charge in [-0.2, -0.15) is 0 Å². The van der Waals surface area contributed by atoms with Crippen LogP contribution in [0.15, 0.2) is 186 Å². The van der Waals surface area contributed by atoms with E-state index in [-0.39, 0.29) is 0 Å². The first-order valence-corrected chi connectivity index (χ1v) is 16.7. The Morgan fingerprint density at radius 3 is 1.86 bits per heavy atom. The molecule has 0 saturated carbocycles. The lowest BCUT2D eigenvalue weighted by molar-refractivity contribution is 0.674. The van der Waals surface area contributed by atoms with Gasteiger partial charge in [-0.1, -0.05) is 115 Å². The Bertz CT molecular complexity index is 2810. The number of para-hydroxylation sites is 4. The van der Waals surface area contributed by atoms with E-state index < -0.39 is 0 Å². The van der Waals surface area contributed by atoms with Gasteiger partial charge >= 0.3 is 0 Å². The van der Waals surface area contributed by atoms with E-state index in [1.165, 1.54) is 27.2 Å². The maximum Gasteiger partial charge on any atom is 0.143 e. The predicted octanol–water partition coefficient (Wildman–Crippen LogP) is 13.0. The normalized spacial score (nSPS) is 11.7. The van der Waals surface area contributed by atoms with E-state index in [4.69, 9.17) is 4.42 Å². The summed E-state index contributed by atoms with van der Waals surface area (Å²) in [5.74, 6) is 0. The molecule has 10 aromatic rings. The first-order chi connectivity index (χ1) is 24.3. The molecule has 0 unspecified atom stereocenters. The van der Waals surface area contributed by atoms with E-state index in [9.17, 15) is 0 Å². The van der Waals surface area contributed by atoms with Crippen LogP contribution in [0.5, 0.6) is 0 Å². The van der Waals surface area contributed by atoms with Gasteiger partial charge in [0.15, 0.2) is 0 Å². The molecule has 230 valence electrons. The molecule has 0 aliphatic rings. The lowest BCUT2D eigenvalue weighted by Crippen LogP contribution is -2.09. The molecule has 0 atom stereocenters. The molecule has 2 heterocycles.